The quantitative estimate of drug-likeness (QED) is 0.855. The second-order valence-electron chi connectivity index (χ2n) is 5.15. The van der Waals surface area contributed by atoms with Crippen LogP contribution in [0.3, 0.4) is 0 Å². The Morgan fingerprint density at radius 3 is 2.50 bits per heavy atom. The van der Waals surface area contributed by atoms with E-state index in [0.717, 1.165) is 0 Å². The minimum Gasteiger partial charge on any atom is -0.356 e. The summed E-state index contributed by atoms with van der Waals surface area (Å²) in [6, 6.07) is 0. The molecule has 0 radical (unpaired) electrons. The Hall–Kier alpha value is -2.05. The molecule has 0 amide bonds. The van der Waals surface area contributed by atoms with Crippen LogP contribution in [0.1, 0.15) is 27.7 Å². The first kappa shape index (κ1) is 14.4. The highest BCUT2D eigenvalue weighted by Crippen LogP contribution is 2.10. The standard InChI is InChI=1S/C13H21N5O2/c1-5-14-12-15-9-10(16-12)18(7-8(3)4)13(20)17(6-2)11(9)19/h8H,5-7H2,1-4H3,(H2,14,15,16). The van der Waals surface area contributed by atoms with E-state index in [1.807, 2.05) is 20.8 Å². The number of aromatic nitrogens is 4. The summed E-state index contributed by atoms with van der Waals surface area (Å²) in [6.07, 6.45) is 0. The van der Waals surface area contributed by atoms with Crippen molar-refractivity contribution in [3.05, 3.63) is 20.8 Å². The van der Waals surface area contributed by atoms with Crippen LogP contribution in [0.25, 0.3) is 11.2 Å². The van der Waals surface area contributed by atoms with Gasteiger partial charge in [0.2, 0.25) is 5.95 Å². The molecule has 0 saturated carbocycles. The Labute approximate surface area is 116 Å². The van der Waals surface area contributed by atoms with Gasteiger partial charge in [-0.1, -0.05) is 13.8 Å². The lowest BCUT2D eigenvalue weighted by molar-refractivity contribution is 0.491. The molecular formula is C13H21N5O2. The van der Waals surface area contributed by atoms with E-state index >= 15 is 0 Å². The maximum absolute atomic E-state index is 12.4. The molecule has 0 saturated heterocycles. The van der Waals surface area contributed by atoms with Crippen LogP contribution in [-0.2, 0) is 13.1 Å². The van der Waals surface area contributed by atoms with Crippen molar-refractivity contribution >= 4 is 17.1 Å². The smallest absolute Gasteiger partial charge is 0.332 e. The highest BCUT2D eigenvalue weighted by molar-refractivity contribution is 5.72. The Morgan fingerprint density at radius 2 is 1.95 bits per heavy atom. The minimum atomic E-state index is -0.316. The highest BCUT2D eigenvalue weighted by Gasteiger charge is 2.16. The van der Waals surface area contributed by atoms with Crippen molar-refractivity contribution in [1.82, 2.24) is 19.1 Å². The van der Waals surface area contributed by atoms with Gasteiger partial charge in [0.15, 0.2) is 11.2 Å². The van der Waals surface area contributed by atoms with Crippen molar-refractivity contribution in [3.63, 3.8) is 0 Å². The monoisotopic (exact) mass is 279 g/mol. The number of H-pyrrole nitrogens is 1. The zero-order valence-electron chi connectivity index (χ0n) is 12.4. The van der Waals surface area contributed by atoms with Crippen LogP contribution in [0.5, 0.6) is 0 Å². The second kappa shape index (κ2) is 5.52. The predicted molar refractivity (Wildman–Crippen MR) is 79.3 cm³/mol. The topological polar surface area (TPSA) is 84.7 Å². The average molecular weight is 279 g/mol. The minimum absolute atomic E-state index is 0.290. The third-order valence-corrected chi connectivity index (χ3v) is 3.07. The van der Waals surface area contributed by atoms with Gasteiger partial charge < -0.3 is 10.3 Å². The molecule has 0 aliphatic carbocycles. The second-order valence-corrected chi connectivity index (χ2v) is 5.15. The van der Waals surface area contributed by atoms with Gasteiger partial charge in [-0.2, -0.15) is 4.98 Å². The SMILES string of the molecule is CCNc1nc2c([nH]1)c(=O)n(CC)c(=O)n2CC(C)C. The van der Waals surface area contributed by atoms with Crippen molar-refractivity contribution in [2.24, 2.45) is 5.92 Å². The van der Waals surface area contributed by atoms with Crippen LogP contribution >= 0.6 is 0 Å². The molecule has 2 heterocycles. The molecular weight excluding hydrogens is 258 g/mol. The molecule has 20 heavy (non-hydrogen) atoms. The van der Waals surface area contributed by atoms with Crippen LogP contribution in [0.15, 0.2) is 9.59 Å². The molecule has 2 aromatic rings. The van der Waals surface area contributed by atoms with E-state index in [1.165, 1.54) is 4.57 Å². The summed E-state index contributed by atoms with van der Waals surface area (Å²) >= 11 is 0. The first-order chi connectivity index (χ1) is 9.49. The van der Waals surface area contributed by atoms with E-state index in [-0.39, 0.29) is 17.2 Å². The van der Waals surface area contributed by atoms with Gasteiger partial charge in [0, 0.05) is 19.6 Å². The van der Waals surface area contributed by atoms with E-state index in [9.17, 15) is 9.59 Å². The summed E-state index contributed by atoms with van der Waals surface area (Å²) in [5.74, 6) is 0.809. The van der Waals surface area contributed by atoms with Crippen LogP contribution in [0.2, 0.25) is 0 Å². The Bertz CT molecular complexity index is 723. The number of hydrogen-bond acceptors (Lipinski definition) is 4. The zero-order valence-corrected chi connectivity index (χ0v) is 12.4. The van der Waals surface area contributed by atoms with E-state index in [4.69, 9.17) is 0 Å². The maximum Gasteiger partial charge on any atom is 0.332 e. The van der Waals surface area contributed by atoms with Gasteiger partial charge >= 0.3 is 5.69 Å². The van der Waals surface area contributed by atoms with Crippen molar-refractivity contribution in [2.75, 3.05) is 11.9 Å². The van der Waals surface area contributed by atoms with E-state index in [1.54, 1.807) is 11.5 Å². The molecule has 0 bridgehead atoms. The summed E-state index contributed by atoms with van der Waals surface area (Å²) in [6.45, 7) is 9.35. The number of nitrogens with one attached hydrogen (secondary N) is 2. The Kier molecular flexibility index (Phi) is 3.96. The number of imidazole rings is 1. The summed E-state index contributed by atoms with van der Waals surface area (Å²) in [5, 5.41) is 3.03. The molecule has 0 fully saturated rings. The fourth-order valence-corrected chi connectivity index (χ4v) is 2.23. The molecule has 2 N–H and O–H groups in total. The first-order valence-electron chi connectivity index (χ1n) is 6.96. The van der Waals surface area contributed by atoms with Crippen molar-refractivity contribution in [3.8, 4) is 0 Å². The molecule has 0 aliphatic heterocycles. The first-order valence-corrected chi connectivity index (χ1v) is 6.96. The summed E-state index contributed by atoms with van der Waals surface area (Å²) in [4.78, 5) is 32.0. The number of aromatic amines is 1. The molecule has 0 aliphatic rings. The molecule has 0 atom stereocenters. The van der Waals surface area contributed by atoms with Gasteiger partial charge in [-0.25, -0.2) is 4.79 Å². The number of hydrogen-bond donors (Lipinski definition) is 2. The molecule has 2 aromatic heterocycles. The normalized spacial score (nSPS) is 11.4. The lowest BCUT2D eigenvalue weighted by atomic mass is 10.2. The predicted octanol–water partition coefficient (Wildman–Crippen LogP) is 0.994. The number of anilines is 1. The average Bonchev–Trinajstić information content (AvgIpc) is 2.79. The summed E-state index contributed by atoms with van der Waals surface area (Å²) in [5.41, 5.74) is 0.190. The van der Waals surface area contributed by atoms with Crippen LogP contribution < -0.4 is 16.6 Å². The summed E-state index contributed by atoms with van der Waals surface area (Å²) < 4.78 is 2.81. The van der Waals surface area contributed by atoms with Crippen LogP contribution in [0.4, 0.5) is 5.95 Å². The Balaban J connectivity index is 2.79. The van der Waals surface area contributed by atoms with Crippen molar-refractivity contribution < 1.29 is 0 Å². The molecule has 7 heteroatoms. The molecule has 0 aromatic carbocycles. The number of fused-ring (bicyclic) bond motifs is 1. The van der Waals surface area contributed by atoms with Gasteiger partial charge in [0.25, 0.3) is 5.56 Å². The zero-order chi connectivity index (χ0) is 14.9. The van der Waals surface area contributed by atoms with Gasteiger partial charge in [-0.15, -0.1) is 0 Å². The van der Waals surface area contributed by atoms with E-state index in [2.05, 4.69) is 15.3 Å². The fraction of sp³-hybridized carbons (Fsp3) is 0.615. The number of nitrogens with zero attached hydrogens (tertiary/aromatic N) is 3. The largest absolute Gasteiger partial charge is 0.356 e. The highest BCUT2D eigenvalue weighted by atomic mass is 16.2. The van der Waals surface area contributed by atoms with Crippen molar-refractivity contribution in [2.45, 2.75) is 40.8 Å². The van der Waals surface area contributed by atoms with Gasteiger partial charge in [-0.05, 0) is 19.8 Å². The van der Waals surface area contributed by atoms with Crippen LogP contribution in [0, 0.1) is 5.92 Å². The Morgan fingerprint density at radius 1 is 1.25 bits per heavy atom. The third-order valence-electron chi connectivity index (χ3n) is 3.07. The van der Waals surface area contributed by atoms with Gasteiger partial charge in [0.05, 0.1) is 0 Å². The third kappa shape index (κ3) is 2.35. The molecule has 7 nitrogen and oxygen atoms in total. The number of rotatable bonds is 5. The maximum atomic E-state index is 12.4. The summed E-state index contributed by atoms with van der Waals surface area (Å²) in [7, 11) is 0. The van der Waals surface area contributed by atoms with Gasteiger partial charge in [-0.3, -0.25) is 13.9 Å². The van der Waals surface area contributed by atoms with E-state index < -0.39 is 0 Å². The lowest BCUT2D eigenvalue weighted by Crippen LogP contribution is -2.40. The molecule has 0 unspecified atom stereocenters. The molecule has 0 spiro atoms. The van der Waals surface area contributed by atoms with Gasteiger partial charge in [0.1, 0.15) is 0 Å². The fourth-order valence-electron chi connectivity index (χ4n) is 2.23. The lowest BCUT2D eigenvalue weighted by Gasteiger charge is -2.11. The molecule has 110 valence electrons. The van der Waals surface area contributed by atoms with E-state index in [0.29, 0.717) is 36.7 Å². The van der Waals surface area contributed by atoms with Crippen LogP contribution in [-0.4, -0.2) is 25.6 Å². The van der Waals surface area contributed by atoms with Crippen molar-refractivity contribution in [1.29, 1.82) is 0 Å². The molecule has 2 rings (SSSR count).